The SMILES string of the molecule is Cn1cnc2cc(CCNC(=O)NCc3ccccc3)ccc21. The standard InChI is InChI=1S/C18H20N4O/c1-22-13-21-16-11-14(7-8-17(16)22)9-10-19-18(23)20-12-15-5-3-2-4-6-15/h2-8,11,13H,9-10,12H2,1H3,(H2,19,20,23). The van der Waals surface area contributed by atoms with Crippen molar-refractivity contribution >= 4 is 17.1 Å². The van der Waals surface area contributed by atoms with Gasteiger partial charge in [0, 0.05) is 20.1 Å². The highest BCUT2D eigenvalue weighted by Crippen LogP contribution is 2.13. The lowest BCUT2D eigenvalue weighted by atomic mass is 10.1. The third-order valence-corrected chi connectivity index (χ3v) is 3.78. The van der Waals surface area contributed by atoms with Gasteiger partial charge in [-0.2, -0.15) is 0 Å². The molecular weight excluding hydrogens is 288 g/mol. The number of hydrogen-bond acceptors (Lipinski definition) is 2. The molecule has 0 atom stereocenters. The molecule has 2 aromatic carbocycles. The summed E-state index contributed by atoms with van der Waals surface area (Å²) in [5.74, 6) is 0. The molecule has 3 aromatic rings. The largest absolute Gasteiger partial charge is 0.338 e. The molecule has 0 spiro atoms. The van der Waals surface area contributed by atoms with Crippen molar-refractivity contribution in [3.63, 3.8) is 0 Å². The predicted octanol–water partition coefficient (Wildman–Crippen LogP) is 2.62. The minimum absolute atomic E-state index is 0.146. The molecule has 23 heavy (non-hydrogen) atoms. The van der Waals surface area contributed by atoms with Gasteiger partial charge in [-0.15, -0.1) is 0 Å². The normalized spacial score (nSPS) is 10.7. The minimum Gasteiger partial charge on any atom is -0.338 e. The number of urea groups is 1. The monoisotopic (exact) mass is 308 g/mol. The van der Waals surface area contributed by atoms with Crippen molar-refractivity contribution < 1.29 is 4.79 Å². The summed E-state index contributed by atoms with van der Waals surface area (Å²) in [5.41, 5.74) is 4.35. The Morgan fingerprint density at radius 1 is 1.09 bits per heavy atom. The van der Waals surface area contributed by atoms with Gasteiger partial charge in [-0.05, 0) is 29.7 Å². The molecular formula is C18H20N4O. The van der Waals surface area contributed by atoms with E-state index in [1.54, 1.807) is 0 Å². The number of aryl methyl sites for hydroxylation is 1. The van der Waals surface area contributed by atoms with E-state index in [-0.39, 0.29) is 6.03 Å². The first-order chi connectivity index (χ1) is 11.2. The van der Waals surface area contributed by atoms with Crippen LogP contribution in [-0.4, -0.2) is 22.1 Å². The van der Waals surface area contributed by atoms with Crippen molar-refractivity contribution in [2.24, 2.45) is 7.05 Å². The van der Waals surface area contributed by atoms with E-state index in [4.69, 9.17) is 0 Å². The first-order valence-corrected chi connectivity index (χ1v) is 7.68. The number of imidazole rings is 1. The summed E-state index contributed by atoms with van der Waals surface area (Å²) in [7, 11) is 1.98. The maximum Gasteiger partial charge on any atom is 0.315 e. The summed E-state index contributed by atoms with van der Waals surface area (Å²) in [6.07, 6.45) is 2.59. The molecule has 5 nitrogen and oxygen atoms in total. The van der Waals surface area contributed by atoms with Crippen LogP contribution in [0.3, 0.4) is 0 Å². The van der Waals surface area contributed by atoms with E-state index in [2.05, 4.69) is 33.8 Å². The molecule has 1 aromatic heterocycles. The van der Waals surface area contributed by atoms with Gasteiger partial charge in [-0.25, -0.2) is 9.78 Å². The zero-order valence-corrected chi connectivity index (χ0v) is 13.1. The minimum atomic E-state index is -0.146. The number of carbonyl (C=O) groups excluding carboxylic acids is 1. The molecule has 0 aliphatic heterocycles. The molecule has 0 aliphatic rings. The van der Waals surface area contributed by atoms with Crippen LogP contribution in [0.25, 0.3) is 11.0 Å². The van der Waals surface area contributed by atoms with E-state index >= 15 is 0 Å². The number of benzene rings is 2. The van der Waals surface area contributed by atoms with Gasteiger partial charge in [0.2, 0.25) is 0 Å². The number of amides is 2. The molecule has 0 saturated heterocycles. The zero-order chi connectivity index (χ0) is 16.1. The van der Waals surface area contributed by atoms with Gasteiger partial charge in [0.05, 0.1) is 17.4 Å². The number of nitrogens with one attached hydrogen (secondary N) is 2. The second-order valence-corrected chi connectivity index (χ2v) is 5.52. The summed E-state index contributed by atoms with van der Waals surface area (Å²) in [6, 6.07) is 15.9. The number of nitrogens with zero attached hydrogens (tertiary/aromatic N) is 2. The van der Waals surface area contributed by atoms with Crippen molar-refractivity contribution in [3.05, 3.63) is 66.0 Å². The average molecular weight is 308 g/mol. The van der Waals surface area contributed by atoms with Crippen LogP contribution in [0.15, 0.2) is 54.9 Å². The highest BCUT2D eigenvalue weighted by molar-refractivity contribution is 5.76. The lowest BCUT2D eigenvalue weighted by Gasteiger charge is -2.08. The summed E-state index contributed by atoms with van der Waals surface area (Å²) in [4.78, 5) is 16.1. The predicted molar refractivity (Wildman–Crippen MR) is 91.1 cm³/mol. The Morgan fingerprint density at radius 3 is 2.74 bits per heavy atom. The van der Waals surface area contributed by atoms with Crippen LogP contribution in [0, 0.1) is 0 Å². The molecule has 0 aliphatic carbocycles. The number of fused-ring (bicyclic) bond motifs is 1. The van der Waals surface area contributed by atoms with Gasteiger partial charge in [0.25, 0.3) is 0 Å². The van der Waals surface area contributed by atoms with Crippen molar-refractivity contribution in [1.29, 1.82) is 0 Å². The molecule has 3 rings (SSSR count). The lowest BCUT2D eigenvalue weighted by molar-refractivity contribution is 0.240. The number of aromatic nitrogens is 2. The molecule has 5 heteroatoms. The summed E-state index contributed by atoms with van der Waals surface area (Å²) < 4.78 is 1.99. The molecule has 2 amide bonds. The van der Waals surface area contributed by atoms with Crippen molar-refractivity contribution in [1.82, 2.24) is 20.2 Å². The molecule has 1 heterocycles. The number of rotatable bonds is 5. The van der Waals surface area contributed by atoms with Gasteiger partial charge < -0.3 is 15.2 Å². The topological polar surface area (TPSA) is 59.0 Å². The zero-order valence-electron chi connectivity index (χ0n) is 13.1. The van der Waals surface area contributed by atoms with Crippen LogP contribution in [0.2, 0.25) is 0 Å². The van der Waals surface area contributed by atoms with Crippen molar-refractivity contribution in [2.45, 2.75) is 13.0 Å². The summed E-state index contributed by atoms with van der Waals surface area (Å²) >= 11 is 0. The highest BCUT2D eigenvalue weighted by atomic mass is 16.2. The second kappa shape index (κ2) is 6.96. The van der Waals surface area contributed by atoms with Gasteiger partial charge in [0.1, 0.15) is 0 Å². The average Bonchev–Trinajstić information content (AvgIpc) is 2.95. The van der Waals surface area contributed by atoms with E-state index < -0.39 is 0 Å². The van der Waals surface area contributed by atoms with Crippen molar-refractivity contribution in [3.8, 4) is 0 Å². The number of carbonyl (C=O) groups is 1. The molecule has 0 unspecified atom stereocenters. The Hall–Kier alpha value is -2.82. The molecule has 2 N–H and O–H groups in total. The molecule has 0 radical (unpaired) electrons. The fraction of sp³-hybridized carbons (Fsp3) is 0.222. The van der Waals surface area contributed by atoms with Gasteiger partial charge >= 0.3 is 6.03 Å². The van der Waals surface area contributed by atoms with E-state index in [9.17, 15) is 4.79 Å². The third kappa shape index (κ3) is 3.88. The van der Waals surface area contributed by atoms with E-state index in [0.717, 1.165) is 23.0 Å². The Balaban J connectivity index is 1.45. The number of hydrogen-bond donors (Lipinski definition) is 2. The highest BCUT2D eigenvalue weighted by Gasteiger charge is 2.03. The van der Waals surface area contributed by atoms with Crippen LogP contribution in [0.5, 0.6) is 0 Å². The second-order valence-electron chi connectivity index (χ2n) is 5.52. The Labute approximate surface area is 135 Å². The smallest absolute Gasteiger partial charge is 0.315 e. The lowest BCUT2D eigenvalue weighted by Crippen LogP contribution is -2.36. The molecule has 0 bridgehead atoms. The van der Waals surface area contributed by atoms with Crippen LogP contribution in [-0.2, 0) is 20.0 Å². The Kier molecular flexibility index (Phi) is 4.57. The first-order valence-electron chi connectivity index (χ1n) is 7.68. The first kappa shape index (κ1) is 15.1. The fourth-order valence-corrected chi connectivity index (χ4v) is 2.50. The summed E-state index contributed by atoms with van der Waals surface area (Å²) in [6.45, 7) is 1.13. The Bertz CT molecular complexity index is 795. The van der Waals surface area contributed by atoms with E-state index in [1.807, 2.05) is 48.3 Å². The van der Waals surface area contributed by atoms with Crippen molar-refractivity contribution in [2.75, 3.05) is 6.54 Å². The Morgan fingerprint density at radius 2 is 1.91 bits per heavy atom. The van der Waals surface area contributed by atoms with Crippen LogP contribution in [0.4, 0.5) is 4.79 Å². The van der Waals surface area contributed by atoms with E-state index in [0.29, 0.717) is 13.1 Å². The van der Waals surface area contributed by atoms with Crippen LogP contribution in [0.1, 0.15) is 11.1 Å². The fourth-order valence-electron chi connectivity index (χ4n) is 2.50. The molecule has 0 saturated carbocycles. The third-order valence-electron chi connectivity index (χ3n) is 3.78. The maximum absolute atomic E-state index is 11.8. The van der Waals surface area contributed by atoms with Gasteiger partial charge in [-0.1, -0.05) is 36.4 Å². The van der Waals surface area contributed by atoms with Crippen LogP contribution < -0.4 is 10.6 Å². The molecule has 0 fully saturated rings. The summed E-state index contributed by atoms with van der Waals surface area (Å²) in [5, 5.41) is 5.73. The quantitative estimate of drug-likeness (QED) is 0.761. The molecule has 118 valence electrons. The van der Waals surface area contributed by atoms with Crippen LogP contribution >= 0.6 is 0 Å². The van der Waals surface area contributed by atoms with Gasteiger partial charge in [0.15, 0.2) is 0 Å². The van der Waals surface area contributed by atoms with E-state index in [1.165, 1.54) is 5.56 Å². The maximum atomic E-state index is 11.8. The van der Waals surface area contributed by atoms with Gasteiger partial charge in [-0.3, -0.25) is 0 Å².